The topological polar surface area (TPSA) is 277 Å². The van der Waals surface area contributed by atoms with Gasteiger partial charge in [-0.25, -0.2) is 0 Å². The number of rotatable bonds is 6. The van der Waals surface area contributed by atoms with E-state index in [2.05, 4.69) is 9.98 Å². The fourth-order valence-corrected chi connectivity index (χ4v) is 2.27. The van der Waals surface area contributed by atoms with Crippen LogP contribution in [-0.4, -0.2) is 40.5 Å². The number of Topliss-reactive ketones (excluding diaryl/α,β-unsaturated/α-hetero) is 1. The number of carbonyl (C=O) groups excluding carboxylic acids is 1. The second-order valence-corrected chi connectivity index (χ2v) is 6.64. The van der Waals surface area contributed by atoms with Gasteiger partial charge in [-0.15, -0.1) is 0 Å². The average molecular weight is 824 g/mol. The minimum Gasteiger partial charge on any atom is -2.00 e. The SMILES string of the molecule is CC(=NCCCN=C(C)c1ccccc1[O-])c1ccccc1[O-].CC(C)=O.O=[N+]([O-])[O-].O=[N+]([O-])[O-].[Cu+2].[O-2].[O-2].[U]. The molecule has 0 amide bonds. The van der Waals surface area contributed by atoms with Gasteiger partial charge in [0.15, 0.2) is 0 Å². The fraction of sp³-hybridized carbons (Fsp3) is 0.318. The summed E-state index contributed by atoms with van der Waals surface area (Å²) < 4.78 is 0. The van der Waals surface area contributed by atoms with E-state index in [0.29, 0.717) is 24.2 Å². The number of aliphatic imine (C=N–C) groups is 2. The molecule has 0 fully saturated rings. The Morgan fingerprint density at radius 2 is 0.923 bits per heavy atom. The van der Waals surface area contributed by atoms with Crippen LogP contribution in [-0.2, 0) is 32.8 Å². The molecule has 2 rings (SSSR count). The molecule has 1 radical (unpaired) electrons. The van der Waals surface area contributed by atoms with Crippen LogP contribution in [0.15, 0.2) is 58.5 Å². The Hall–Kier alpha value is -3.06. The number of ketones is 1. The van der Waals surface area contributed by atoms with E-state index < -0.39 is 10.2 Å². The summed E-state index contributed by atoms with van der Waals surface area (Å²) in [4.78, 5) is 34.8. The van der Waals surface area contributed by atoms with Crippen molar-refractivity contribution in [1.82, 2.24) is 0 Å². The number of carbonyl (C=O) groups is 1. The van der Waals surface area contributed by atoms with E-state index in [4.69, 9.17) is 30.6 Å². The number of hydrogen-bond donors (Lipinski definition) is 0. The van der Waals surface area contributed by atoms with Crippen LogP contribution < -0.4 is 10.2 Å². The molecule has 0 aliphatic heterocycles. The number of benzene rings is 2. The summed E-state index contributed by atoms with van der Waals surface area (Å²) >= 11 is 0. The molecule has 39 heavy (non-hydrogen) atoms. The molecule has 15 nitrogen and oxygen atoms in total. The molecule has 0 heterocycles. The van der Waals surface area contributed by atoms with Gasteiger partial charge in [0, 0.05) is 55.6 Å². The van der Waals surface area contributed by atoms with Gasteiger partial charge in [0.1, 0.15) is 5.78 Å². The molecule has 0 N–H and O–H groups in total. The summed E-state index contributed by atoms with van der Waals surface area (Å²) in [5.41, 5.74) is 2.79. The van der Waals surface area contributed by atoms with Gasteiger partial charge in [-0.2, -0.15) is 0 Å². The molecule has 2 aromatic carbocycles. The monoisotopic (exact) mass is 823 g/mol. The first-order valence-corrected chi connectivity index (χ1v) is 9.94. The van der Waals surface area contributed by atoms with Crippen LogP contribution in [0, 0.1) is 61.8 Å². The van der Waals surface area contributed by atoms with Gasteiger partial charge in [0.05, 0.1) is 10.2 Å². The van der Waals surface area contributed by atoms with Crippen LogP contribution in [0.5, 0.6) is 11.5 Å². The molecule has 0 spiro atoms. The zero-order chi connectivity index (χ0) is 27.4. The maximum absolute atomic E-state index is 11.7. The third-order valence-electron chi connectivity index (χ3n) is 3.57. The maximum Gasteiger partial charge on any atom is 2.00 e. The molecule has 221 valence electrons. The Bertz CT molecular complexity index is 923. The molecule has 17 heteroatoms. The molecular weight excluding hydrogens is 798 g/mol. The summed E-state index contributed by atoms with van der Waals surface area (Å²) in [6.07, 6.45) is 0.775. The Kier molecular flexibility index (Phi) is 37.0. The molecule has 0 saturated carbocycles. The molecule has 0 aliphatic rings. The van der Waals surface area contributed by atoms with Gasteiger partial charge in [-0.1, -0.05) is 60.0 Å². The fourth-order valence-electron chi connectivity index (χ4n) is 2.27. The van der Waals surface area contributed by atoms with Gasteiger partial charge < -0.3 is 56.6 Å². The maximum atomic E-state index is 11.7. The van der Waals surface area contributed by atoms with Gasteiger partial charge in [0.25, 0.3) is 0 Å². The van der Waals surface area contributed by atoms with Crippen molar-refractivity contribution in [2.75, 3.05) is 13.1 Å². The van der Waals surface area contributed by atoms with E-state index in [1.165, 1.54) is 13.8 Å². The quantitative estimate of drug-likeness (QED) is 0.136. The summed E-state index contributed by atoms with van der Waals surface area (Å²) in [6, 6.07) is 13.8. The number of nitrogens with zero attached hydrogens (tertiary/aromatic N) is 4. The van der Waals surface area contributed by atoms with Crippen molar-refractivity contribution in [2.45, 2.75) is 34.1 Å². The molecule has 2 aromatic rings. The predicted octanol–water partition coefficient (Wildman–Crippen LogP) is 2.42. The van der Waals surface area contributed by atoms with Crippen LogP contribution in [0.4, 0.5) is 0 Å². The first-order valence-electron chi connectivity index (χ1n) is 9.94. The summed E-state index contributed by atoms with van der Waals surface area (Å²) in [5, 5.41) is 52.9. The normalized spacial score (nSPS) is 9.23. The van der Waals surface area contributed by atoms with Crippen LogP contribution >= 0.6 is 0 Å². The van der Waals surface area contributed by atoms with Gasteiger partial charge in [-0.3, -0.25) is 9.98 Å². The first kappa shape index (κ1) is 48.9. The largest absolute Gasteiger partial charge is 2.00 e. The van der Waals surface area contributed by atoms with E-state index in [0.717, 1.165) is 17.8 Å². The van der Waals surface area contributed by atoms with Crippen LogP contribution in [0.2, 0.25) is 0 Å². The van der Waals surface area contributed by atoms with E-state index in [1.54, 1.807) is 36.4 Å². The van der Waals surface area contributed by atoms with Crippen molar-refractivity contribution in [3.05, 3.63) is 90.3 Å². The predicted molar refractivity (Wildman–Crippen MR) is 129 cm³/mol. The second kappa shape index (κ2) is 29.5. The average Bonchev–Trinajstić information content (AvgIpc) is 2.72. The Labute approximate surface area is 259 Å². The Morgan fingerprint density at radius 3 is 1.15 bits per heavy atom. The molecular formula is C22H26CuN4O11U-6. The molecule has 0 aromatic heterocycles. The third-order valence-corrected chi connectivity index (χ3v) is 3.57. The molecule has 0 atom stereocenters. The smallest absolute Gasteiger partial charge is 2.00 e. The Morgan fingerprint density at radius 1 is 0.692 bits per heavy atom. The van der Waals surface area contributed by atoms with Crippen molar-refractivity contribution in [3.8, 4) is 11.5 Å². The van der Waals surface area contributed by atoms with Gasteiger partial charge in [-0.05, 0) is 45.2 Å². The molecule has 0 unspecified atom stereocenters. The second-order valence-electron chi connectivity index (χ2n) is 6.64. The number of para-hydroxylation sites is 2. The molecule has 0 aliphatic carbocycles. The zero-order valence-electron chi connectivity index (χ0n) is 21.3. The van der Waals surface area contributed by atoms with E-state index in [9.17, 15) is 15.0 Å². The minimum absolute atomic E-state index is 0. The Balaban J connectivity index is -0.000000145. The molecule has 0 saturated heterocycles. The van der Waals surface area contributed by atoms with Crippen molar-refractivity contribution in [3.63, 3.8) is 0 Å². The third kappa shape index (κ3) is 31.1. The zero-order valence-corrected chi connectivity index (χ0v) is 26.4. The minimum atomic E-state index is -1.75. The first-order chi connectivity index (χ1) is 16.3. The van der Waals surface area contributed by atoms with E-state index in [1.807, 2.05) is 26.0 Å². The van der Waals surface area contributed by atoms with E-state index in [-0.39, 0.29) is 76.4 Å². The van der Waals surface area contributed by atoms with Crippen molar-refractivity contribution in [1.29, 1.82) is 0 Å². The van der Waals surface area contributed by atoms with Crippen molar-refractivity contribution >= 4 is 17.2 Å². The molecule has 0 bridgehead atoms. The summed E-state index contributed by atoms with van der Waals surface area (Å²) in [7, 11) is 0. The van der Waals surface area contributed by atoms with Crippen LogP contribution in [0.25, 0.3) is 0 Å². The number of hydrogen-bond acceptors (Lipinski definition) is 11. The van der Waals surface area contributed by atoms with Crippen molar-refractivity contribution in [2.24, 2.45) is 9.98 Å². The van der Waals surface area contributed by atoms with Gasteiger partial charge in [0.2, 0.25) is 0 Å². The van der Waals surface area contributed by atoms with E-state index >= 15 is 0 Å². The van der Waals surface area contributed by atoms with Gasteiger partial charge >= 0.3 is 17.1 Å². The summed E-state index contributed by atoms with van der Waals surface area (Å²) in [6.45, 7) is 7.96. The summed E-state index contributed by atoms with van der Waals surface area (Å²) in [5.74, 6) is 0.157. The van der Waals surface area contributed by atoms with Crippen LogP contribution in [0.1, 0.15) is 45.2 Å². The van der Waals surface area contributed by atoms with Crippen LogP contribution in [0.3, 0.4) is 0 Å². The standard InChI is InChI=1S/C19H22N2O2.C3H6O.Cu.2NO3.2O.U/c1-14(16-8-3-5-10-18(16)22)20-12-7-13-21-15(2)17-9-4-6-11-19(17)23;1-3(2)4;;2*2-1(3)4;;;/h3-6,8-11,22-23H,7,12-13H2,1-2H3;1-2H3;;;;;;/q;;+2;2*-1;2*-2;/p-2. The van der Waals surface area contributed by atoms with Crippen molar-refractivity contribution < 1.29 is 84.3 Å².